The highest BCUT2D eigenvalue weighted by atomic mass is 16.4. The molecule has 0 aromatic carbocycles. The highest BCUT2D eigenvalue weighted by Gasteiger charge is 2.08. The molecule has 0 bridgehead atoms. The molecule has 0 radical (unpaired) electrons. The molecule has 0 amide bonds. The quantitative estimate of drug-likeness (QED) is 0.789. The molecule has 1 aromatic heterocycles. The van der Waals surface area contributed by atoms with Crippen LogP contribution in [-0.4, -0.2) is 22.3 Å². The first-order valence-electron chi connectivity index (χ1n) is 4.93. The highest BCUT2D eigenvalue weighted by molar-refractivity contribution is 5.97. The van der Waals surface area contributed by atoms with Gasteiger partial charge in [0, 0.05) is 11.9 Å². The molecule has 0 fully saturated rings. The summed E-state index contributed by atoms with van der Waals surface area (Å²) in [6.07, 6.45) is 2.97. The molecule has 0 aliphatic rings. The summed E-state index contributed by atoms with van der Waals surface area (Å²) in [5, 5.41) is 8.92. The maximum Gasteiger partial charge on any atom is 0.337 e. The zero-order valence-corrected chi connectivity index (χ0v) is 9.34. The van der Waals surface area contributed by atoms with Crippen molar-refractivity contribution in [3.8, 4) is 0 Å². The van der Waals surface area contributed by atoms with Gasteiger partial charge in [-0.3, -0.25) is 9.98 Å². The second kappa shape index (κ2) is 5.21. The Labute approximate surface area is 94.4 Å². The molecule has 1 rings (SSSR count). The van der Waals surface area contributed by atoms with Crippen LogP contribution in [0, 0.1) is 5.92 Å². The zero-order valence-electron chi connectivity index (χ0n) is 9.34. The number of aromatic carboxylic acids is 1. The Kier molecular flexibility index (Phi) is 3.94. The topological polar surface area (TPSA) is 62.5 Å². The van der Waals surface area contributed by atoms with E-state index in [0.29, 0.717) is 11.4 Å². The number of aromatic nitrogens is 1. The fourth-order valence-corrected chi connectivity index (χ4v) is 0.994. The number of pyridine rings is 1. The van der Waals surface area contributed by atoms with Crippen LogP contribution < -0.4 is 0 Å². The summed E-state index contributed by atoms with van der Waals surface area (Å²) in [4.78, 5) is 18.9. The largest absolute Gasteiger partial charge is 0.478 e. The number of hydrogen-bond donors (Lipinski definition) is 1. The number of allylic oxidation sites excluding steroid dienone is 1. The van der Waals surface area contributed by atoms with E-state index < -0.39 is 5.97 Å². The molecule has 4 heteroatoms. The normalized spacial score (nSPS) is 10.9. The van der Waals surface area contributed by atoms with Gasteiger partial charge in [0.1, 0.15) is 0 Å². The van der Waals surface area contributed by atoms with E-state index in [4.69, 9.17) is 5.11 Å². The molecule has 1 heterocycles. The van der Waals surface area contributed by atoms with Crippen molar-refractivity contribution in [2.75, 3.05) is 0 Å². The van der Waals surface area contributed by atoms with Crippen molar-refractivity contribution < 1.29 is 9.90 Å². The van der Waals surface area contributed by atoms with Crippen LogP contribution >= 0.6 is 0 Å². The van der Waals surface area contributed by atoms with Gasteiger partial charge in [-0.1, -0.05) is 20.4 Å². The van der Waals surface area contributed by atoms with Crippen LogP contribution in [0.25, 0.3) is 0 Å². The summed E-state index contributed by atoms with van der Waals surface area (Å²) in [6.45, 7) is 7.71. The lowest BCUT2D eigenvalue weighted by atomic mass is 10.1. The molecule has 0 aliphatic heterocycles. The molecule has 0 aliphatic carbocycles. The fraction of sp³-hybridized carbons (Fsp3) is 0.250. The Morgan fingerprint density at radius 2 is 2.31 bits per heavy atom. The average Bonchev–Trinajstić information content (AvgIpc) is 2.25. The van der Waals surface area contributed by atoms with Gasteiger partial charge in [-0.05, 0) is 18.1 Å². The Hall–Kier alpha value is -1.97. The van der Waals surface area contributed by atoms with E-state index in [1.54, 1.807) is 6.07 Å². The van der Waals surface area contributed by atoms with Crippen molar-refractivity contribution >= 4 is 12.2 Å². The van der Waals surface area contributed by atoms with E-state index in [1.807, 2.05) is 13.8 Å². The van der Waals surface area contributed by atoms with Crippen LogP contribution in [0.5, 0.6) is 0 Å². The third-order valence-corrected chi connectivity index (χ3v) is 2.09. The van der Waals surface area contributed by atoms with Crippen LogP contribution in [0.15, 0.2) is 35.6 Å². The molecule has 0 saturated carbocycles. The Morgan fingerprint density at radius 1 is 1.62 bits per heavy atom. The minimum absolute atomic E-state index is 0.141. The predicted octanol–water partition coefficient (Wildman–Crippen LogP) is 2.37. The van der Waals surface area contributed by atoms with Gasteiger partial charge in [-0.15, -0.1) is 0 Å². The summed E-state index contributed by atoms with van der Waals surface area (Å²) in [5.74, 6) is -0.780. The molecule has 1 N–H and O–H groups in total. The minimum Gasteiger partial charge on any atom is -0.478 e. The lowest BCUT2D eigenvalue weighted by molar-refractivity contribution is 0.0696. The molecular weight excluding hydrogens is 204 g/mol. The molecular formula is C12H14N2O2. The molecule has 0 atom stereocenters. The van der Waals surface area contributed by atoms with Crippen LogP contribution in [0.3, 0.4) is 0 Å². The smallest absolute Gasteiger partial charge is 0.337 e. The second-order valence-electron chi connectivity index (χ2n) is 3.65. The van der Waals surface area contributed by atoms with E-state index >= 15 is 0 Å². The van der Waals surface area contributed by atoms with Crippen molar-refractivity contribution in [3.63, 3.8) is 0 Å². The lowest BCUT2D eigenvalue weighted by Crippen LogP contribution is -2.04. The Balaban J connectivity index is 2.97. The van der Waals surface area contributed by atoms with Crippen LogP contribution in [0.2, 0.25) is 0 Å². The third kappa shape index (κ3) is 3.02. The summed E-state index contributed by atoms with van der Waals surface area (Å²) < 4.78 is 0. The molecule has 0 unspecified atom stereocenters. The number of hydrogen-bond acceptors (Lipinski definition) is 3. The van der Waals surface area contributed by atoms with Crippen molar-refractivity contribution in [3.05, 3.63) is 41.9 Å². The molecule has 1 aromatic rings. The number of aliphatic imine (C=N–C) groups is 1. The standard InChI is InChI=1S/C12H14N2O2/c1-8(2)9(3)14-7-11-10(12(15)16)5-4-6-13-11/h4-8H,3H2,1-2H3,(H,15,16). The number of carbonyl (C=O) groups is 1. The van der Waals surface area contributed by atoms with Crippen molar-refractivity contribution in [1.82, 2.24) is 4.98 Å². The van der Waals surface area contributed by atoms with Crippen LogP contribution in [-0.2, 0) is 0 Å². The molecule has 0 spiro atoms. The van der Waals surface area contributed by atoms with Gasteiger partial charge < -0.3 is 5.11 Å². The van der Waals surface area contributed by atoms with Gasteiger partial charge >= 0.3 is 5.97 Å². The number of carboxylic acids is 1. The fourth-order valence-electron chi connectivity index (χ4n) is 0.994. The summed E-state index contributed by atoms with van der Waals surface area (Å²) >= 11 is 0. The van der Waals surface area contributed by atoms with Crippen molar-refractivity contribution in [2.45, 2.75) is 13.8 Å². The molecule has 16 heavy (non-hydrogen) atoms. The maximum atomic E-state index is 10.9. The van der Waals surface area contributed by atoms with E-state index in [2.05, 4.69) is 16.6 Å². The van der Waals surface area contributed by atoms with Gasteiger partial charge in [0.15, 0.2) is 0 Å². The SMILES string of the molecule is C=C(N=Cc1ncccc1C(=O)O)C(C)C. The number of rotatable bonds is 4. The first-order valence-corrected chi connectivity index (χ1v) is 4.93. The molecule has 4 nitrogen and oxygen atoms in total. The number of carboxylic acid groups (broad SMARTS) is 1. The maximum absolute atomic E-state index is 10.9. The summed E-state index contributed by atoms with van der Waals surface area (Å²) in [7, 11) is 0. The Bertz CT molecular complexity index is 436. The highest BCUT2D eigenvalue weighted by Crippen LogP contribution is 2.09. The molecule has 84 valence electrons. The monoisotopic (exact) mass is 218 g/mol. The van der Waals surface area contributed by atoms with Crippen molar-refractivity contribution in [1.29, 1.82) is 0 Å². The van der Waals surface area contributed by atoms with Crippen LogP contribution in [0.4, 0.5) is 0 Å². The first kappa shape index (κ1) is 12.1. The minimum atomic E-state index is -1.01. The molecule has 0 saturated heterocycles. The van der Waals surface area contributed by atoms with E-state index in [0.717, 1.165) is 0 Å². The van der Waals surface area contributed by atoms with Gasteiger partial charge in [0.05, 0.1) is 17.5 Å². The van der Waals surface area contributed by atoms with Gasteiger partial charge in [-0.2, -0.15) is 0 Å². The lowest BCUT2D eigenvalue weighted by Gasteiger charge is -2.02. The van der Waals surface area contributed by atoms with E-state index in [-0.39, 0.29) is 11.5 Å². The summed E-state index contributed by atoms with van der Waals surface area (Å²) in [5.41, 5.74) is 1.18. The third-order valence-electron chi connectivity index (χ3n) is 2.09. The van der Waals surface area contributed by atoms with Gasteiger partial charge in [0.2, 0.25) is 0 Å². The van der Waals surface area contributed by atoms with Crippen LogP contribution in [0.1, 0.15) is 29.9 Å². The number of nitrogens with zero attached hydrogens (tertiary/aromatic N) is 2. The van der Waals surface area contributed by atoms with Gasteiger partial charge in [0.25, 0.3) is 0 Å². The van der Waals surface area contributed by atoms with E-state index in [1.165, 1.54) is 18.5 Å². The second-order valence-corrected chi connectivity index (χ2v) is 3.65. The van der Waals surface area contributed by atoms with Gasteiger partial charge in [-0.25, -0.2) is 4.79 Å². The Morgan fingerprint density at radius 3 is 2.88 bits per heavy atom. The zero-order chi connectivity index (χ0) is 12.1. The first-order chi connectivity index (χ1) is 7.52. The average molecular weight is 218 g/mol. The predicted molar refractivity (Wildman–Crippen MR) is 62.8 cm³/mol. The van der Waals surface area contributed by atoms with E-state index in [9.17, 15) is 4.79 Å². The van der Waals surface area contributed by atoms with Crippen molar-refractivity contribution in [2.24, 2.45) is 10.9 Å². The summed E-state index contributed by atoms with van der Waals surface area (Å²) in [6, 6.07) is 3.08.